The maximum absolute atomic E-state index is 11.8. The Kier molecular flexibility index (Phi) is 3.96. The molecule has 0 aliphatic rings. The molecule has 1 unspecified atom stereocenters. The zero-order chi connectivity index (χ0) is 15.5. The quantitative estimate of drug-likeness (QED) is 0.742. The van der Waals surface area contributed by atoms with Gasteiger partial charge in [0.15, 0.2) is 0 Å². The van der Waals surface area contributed by atoms with E-state index in [1.165, 1.54) is 5.56 Å². The van der Waals surface area contributed by atoms with Gasteiger partial charge in [-0.1, -0.05) is 55.5 Å². The number of carbonyl (C=O) groups is 1. The first-order valence-corrected chi connectivity index (χ1v) is 7.56. The topological polar surface area (TPSA) is 53.1 Å². The monoisotopic (exact) mass is 293 g/mol. The molecule has 0 spiro atoms. The molecule has 3 nitrogen and oxygen atoms in total. The molecular formula is C19H19NO2. The van der Waals surface area contributed by atoms with Crippen molar-refractivity contribution in [1.82, 2.24) is 4.98 Å². The molecule has 0 amide bonds. The molecule has 0 bridgehead atoms. The molecule has 22 heavy (non-hydrogen) atoms. The van der Waals surface area contributed by atoms with E-state index in [0.717, 1.165) is 28.5 Å². The number of para-hydroxylation sites is 1. The number of aromatic amines is 1. The zero-order valence-electron chi connectivity index (χ0n) is 12.5. The third-order valence-electron chi connectivity index (χ3n) is 4.17. The van der Waals surface area contributed by atoms with E-state index in [0.29, 0.717) is 6.42 Å². The van der Waals surface area contributed by atoms with Gasteiger partial charge in [-0.05, 0) is 29.5 Å². The van der Waals surface area contributed by atoms with Crippen molar-refractivity contribution < 1.29 is 9.90 Å². The minimum absolute atomic E-state index is 0.499. The molecule has 3 rings (SSSR count). The van der Waals surface area contributed by atoms with E-state index >= 15 is 0 Å². The number of rotatable bonds is 5. The normalized spacial score (nSPS) is 12.4. The minimum atomic E-state index is -0.786. The summed E-state index contributed by atoms with van der Waals surface area (Å²) in [5.74, 6) is -1.32. The van der Waals surface area contributed by atoms with Gasteiger partial charge in [0.05, 0.1) is 5.92 Å². The second kappa shape index (κ2) is 6.06. The summed E-state index contributed by atoms with van der Waals surface area (Å²) >= 11 is 0. The molecule has 112 valence electrons. The van der Waals surface area contributed by atoms with Gasteiger partial charge in [0, 0.05) is 17.1 Å². The maximum atomic E-state index is 11.8. The summed E-state index contributed by atoms with van der Waals surface area (Å²) in [5, 5.41) is 10.7. The molecule has 0 radical (unpaired) electrons. The van der Waals surface area contributed by atoms with Crippen LogP contribution in [-0.2, 0) is 17.6 Å². The lowest BCUT2D eigenvalue weighted by Gasteiger charge is -2.12. The van der Waals surface area contributed by atoms with Crippen LogP contribution in [0.4, 0.5) is 0 Å². The zero-order valence-corrected chi connectivity index (χ0v) is 12.5. The summed E-state index contributed by atoms with van der Waals surface area (Å²) in [7, 11) is 0. The average molecular weight is 293 g/mol. The summed E-state index contributed by atoms with van der Waals surface area (Å²) in [6.07, 6.45) is 3.28. The lowest BCUT2D eigenvalue weighted by Crippen LogP contribution is -2.14. The van der Waals surface area contributed by atoms with E-state index < -0.39 is 11.9 Å². The van der Waals surface area contributed by atoms with Gasteiger partial charge in [-0.3, -0.25) is 4.79 Å². The van der Waals surface area contributed by atoms with E-state index in [9.17, 15) is 9.90 Å². The third-order valence-corrected chi connectivity index (χ3v) is 4.17. The van der Waals surface area contributed by atoms with Gasteiger partial charge >= 0.3 is 5.97 Å². The Bertz CT molecular complexity index is 790. The van der Waals surface area contributed by atoms with Crippen LogP contribution in [-0.4, -0.2) is 16.1 Å². The number of aromatic nitrogens is 1. The number of aryl methyl sites for hydroxylation is 1. The molecule has 2 aromatic carbocycles. The van der Waals surface area contributed by atoms with E-state index in [1.807, 2.05) is 48.7 Å². The van der Waals surface area contributed by atoms with Crippen molar-refractivity contribution in [2.24, 2.45) is 0 Å². The average Bonchev–Trinajstić information content (AvgIpc) is 2.97. The molecular weight excluding hydrogens is 274 g/mol. The van der Waals surface area contributed by atoms with Crippen molar-refractivity contribution in [2.75, 3.05) is 0 Å². The summed E-state index contributed by atoms with van der Waals surface area (Å²) in [5.41, 5.74) is 4.17. The highest BCUT2D eigenvalue weighted by molar-refractivity contribution is 5.91. The van der Waals surface area contributed by atoms with Crippen molar-refractivity contribution in [2.45, 2.75) is 25.7 Å². The summed E-state index contributed by atoms with van der Waals surface area (Å²) < 4.78 is 0. The fourth-order valence-electron chi connectivity index (χ4n) is 3.00. The number of aliphatic carboxylic acids is 1. The third kappa shape index (κ3) is 2.62. The van der Waals surface area contributed by atoms with Crippen LogP contribution in [0.5, 0.6) is 0 Å². The lowest BCUT2D eigenvalue weighted by atomic mass is 9.91. The first kappa shape index (κ1) is 14.4. The Hall–Kier alpha value is -2.55. The molecule has 3 heteroatoms. The predicted octanol–water partition coefficient (Wildman–Crippen LogP) is 4.14. The number of carboxylic acids is 1. The summed E-state index contributed by atoms with van der Waals surface area (Å²) in [4.78, 5) is 15.1. The Morgan fingerprint density at radius 3 is 2.59 bits per heavy atom. The number of fused-ring (bicyclic) bond motifs is 1. The number of nitrogens with one attached hydrogen (secondary N) is 1. The molecule has 0 fully saturated rings. The highest BCUT2D eigenvalue weighted by Gasteiger charge is 2.23. The van der Waals surface area contributed by atoms with Crippen molar-refractivity contribution >= 4 is 16.9 Å². The maximum Gasteiger partial charge on any atom is 0.311 e. The highest BCUT2D eigenvalue weighted by atomic mass is 16.4. The van der Waals surface area contributed by atoms with E-state index in [4.69, 9.17) is 0 Å². The van der Waals surface area contributed by atoms with Crippen LogP contribution in [0, 0.1) is 0 Å². The molecule has 0 aliphatic carbocycles. The fraction of sp³-hybridized carbons (Fsp3) is 0.211. The standard InChI is InChI=1S/C19H19NO2/c1-2-14-9-6-10-15-17(12-20-18(14)15)16(19(21)22)11-13-7-4-3-5-8-13/h3-10,12,16,20H,2,11H2,1H3,(H,21,22). The number of carboxylic acid groups (broad SMARTS) is 1. The van der Waals surface area contributed by atoms with E-state index in [-0.39, 0.29) is 0 Å². The Morgan fingerprint density at radius 2 is 1.91 bits per heavy atom. The molecule has 1 heterocycles. The predicted molar refractivity (Wildman–Crippen MR) is 88.2 cm³/mol. The smallest absolute Gasteiger partial charge is 0.311 e. The van der Waals surface area contributed by atoms with Gasteiger partial charge in [0.1, 0.15) is 0 Å². The van der Waals surface area contributed by atoms with Crippen LogP contribution < -0.4 is 0 Å². The van der Waals surface area contributed by atoms with Crippen LogP contribution in [0.1, 0.15) is 29.5 Å². The van der Waals surface area contributed by atoms with Crippen molar-refractivity contribution in [3.63, 3.8) is 0 Å². The molecule has 0 aliphatic heterocycles. The molecule has 0 saturated heterocycles. The van der Waals surface area contributed by atoms with Gasteiger partial charge in [0.2, 0.25) is 0 Å². The number of benzene rings is 2. The van der Waals surface area contributed by atoms with E-state index in [1.54, 1.807) is 0 Å². The van der Waals surface area contributed by atoms with E-state index in [2.05, 4.69) is 18.0 Å². The van der Waals surface area contributed by atoms with Crippen molar-refractivity contribution in [3.8, 4) is 0 Å². The van der Waals surface area contributed by atoms with Gasteiger partial charge in [-0.15, -0.1) is 0 Å². The number of hydrogen-bond acceptors (Lipinski definition) is 1. The van der Waals surface area contributed by atoms with Gasteiger partial charge in [0.25, 0.3) is 0 Å². The molecule has 2 N–H and O–H groups in total. The van der Waals surface area contributed by atoms with Crippen LogP contribution in [0.3, 0.4) is 0 Å². The number of hydrogen-bond donors (Lipinski definition) is 2. The minimum Gasteiger partial charge on any atom is -0.481 e. The second-order valence-corrected chi connectivity index (χ2v) is 5.52. The fourth-order valence-corrected chi connectivity index (χ4v) is 3.00. The SMILES string of the molecule is CCc1cccc2c(C(Cc3ccccc3)C(=O)O)c[nH]c12. The highest BCUT2D eigenvalue weighted by Crippen LogP contribution is 2.30. The Labute approximate surface area is 129 Å². The molecule has 3 aromatic rings. The first-order valence-electron chi connectivity index (χ1n) is 7.56. The first-order chi connectivity index (χ1) is 10.7. The van der Waals surface area contributed by atoms with Crippen LogP contribution in [0.2, 0.25) is 0 Å². The number of H-pyrrole nitrogens is 1. The Morgan fingerprint density at radius 1 is 1.14 bits per heavy atom. The van der Waals surface area contributed by atoms with Crippen LogP contribution in [0.15, 0.2) is 54.7 Å². The van der Waals surface area contributed by atoms with Gasteiger partial charge in [-0.25, -0.2) is 0 Å². The molecule has 1 aromatic heterocycles. The largest absolute Gasteiger partial charge is 0.481 e. The van der Waals surface area contributed by atoms with Crippen molar-refractivity contribution in [1.29, 1.82) is 0 Å². The van der Waals surface area contributed by atoms with Crippen molar-refractivity contribution in [3.05, 3.63) is 71.4 Å². The molecule has 0 saturated carbocycles. The summed E-state index contributed by atoms with van der Waals surface area (Å²) in [6.45, 7) is 2.11. The van der Waals surface area contributed by atoms with Crippen LogP contribution in [0.25, 0.3) is 10.9 Å². The second-order valence-electron chi connectivity index (χ2n) is 5.52. The van der Waals surface area contributed by atoms with Gasteiger partial charge in [-0.2, -0.15) is 0 Å². The van der Waals surface area contributed by atoms with Crippen LogP contribution >= 0.6 is 0 Å². The Balaban J connectivity index is 2.04. The molecule has 1 atom stereocenters. The van der Waals surface area contributed by atoms with Gasteiger partial charge < -0.3 is 10.1 Å². The lowest BCUT2D eigenvalue weighted by molar-refractivity contribution is -0.138. The summed E-state index contributed by atoms with van der Waals surface area (Å²) in [6, 6.07) is 15.9.